The molecule has 1 aliphatic rings. The first-order valence-corrected chi connectivity index (χ1v) is 10.0. The summed E-state index contributed by atoms with van der Waals surface area (Å²) in [6, 6.07) is 8.11. The molecule has 5 nitrogen and oxygen atoms in total. The van der Waals surface area contributed by atoms with Crippen molar-refractivity contribution < 1.29 is 9.47 Å². The molecule has 0 amide bonds. The van der Waals surface area contributed by atoms with E-state index >= 15 is 0 Å². The fourth-order valence-corrected chi connectivity index (χ4v) is 4.10. The first-order chi connectivity index (χ1) is 12.2. The van der Waals surface area contributed by atoms with Crippen LogP contribution in [0.2, 0.25) is 0 Å². The second-order valence-electron chi connectivity index (χ2n) is 6.24. The number of nitrogens with zero attached hydrogens (tertiary/aromatic N) is 1. The van der Waals surface area contributed by atoms with E-state index in [0.717, 1.165) is 50.1 Å². The van der Waals surface area contributed by atoms with Gasteiger partial charge in [0.2, 0.25) is 0 Å². The van der Waals surface area contributed by atoms with Crippen molar-refractivity contribution >= 4 is 17.7 Å². The van der Waals surface area contributed by atoms with Crippen LogP contribution < -0.4 is 15.4 Å². The normalized spacial score (nSPS) is 17.2. The molecule has 0 atom stereocenters. The minimum Gasteiger partial charge on any atom is -0.492 e. The Hall–Kier alpha value is -1.40. The van der Waals surface area contributed by atoms with Crippen molar-refractivity contribution in [2.45, 2.75) is 31.4 Å². The molecule has 0 saturated carbocycles. The predicted molar refractivity (Wildman–Crippen MR) is 107 cm³/mol. The summed E-state index contributed by atoms with van der Waals surface area (Å²) in [4.78, 5) is 4.32. The maximum absolute atomic E-state index is 5.74. The van der Waals surface area contributed by atoms with Crippen LogP contribution in [0.25, 0.3) is 0 Å². The SMILES string of the molecule is CCSC1(CNC(=NC)NCCOc2ccc(C)cc2)CCOCC1. The molecule has 2 rings (SSSR count). The Morgan fingerprint density at radius 3 is 2.60 bits per heavy atom. The average molecular weight is 366 g/mol. The third-order valence-corrected chi connectivity index (χ3v) is 5.79. The highest BCUT2D eigenvalue weighted by Gasteiger charge is 2.32. The van der Waals surface area contributed by atoms with E-state index < -0.39 is 0 Å². The highest BCUT2D eigenvalue weighted by Crippen LogP contribution is 2.34. The Balaban J connectivity index is 1.71. The fourth-order valence-electron chi connectivity index (χ4n) is 2.86. The van der Waals surface area contributed by atoms with Crippen molar-refractivity contribution in [3.63, 3.8) is 0 Å². The van der Waals surface area contributed by atoms with Gasteiger partial charge in [-0.25, -0.2) is 0 Å². The van der Waals surface area contributed by atoms with Crippen LogP contribution in [0.3, 0.4) is 0 Å². The molecule has 1 aromatic rings. The largest absolute Gasteiger partial charge is 0.492 e. The smallest absolute Gasteiger partial charge is 0.191 e. The van der Waals surface area contributed by atoms with Gasteiger partial charge in [-0.05, 0) is 37.7 Å². The van der Waals surface area contributed by atoms with Crippen molar-refractivity contribution in [3.8, 4) is 5.75 Å². The molecule has 1 aliphatic heterocycles. The Morgan fingerprint density at radius 2 is 1.96 bits per heavy atom. The average Bonchev–Trinajstić information content (AvgIpc) is 2.64. The summed E-state index contributed by atoms with van der Waals surface area (Å²) < 4.78 is 11.5. The van der Waals surface area contributed by atoms with Crippen molar-refractivity contribution in [2.24, 2.45) is 4.99 Å². The zero-order valence-electron chi connectivity index (χ0n) is 15.6. The molecule has 1 saturated heterocycles. The summed E-state index contributed by atoms with van der Waals surface area (Å²) in [6.45, 7) is 8.22. The van der Waals surface area contributed by atoms with E-state index in [1.165, 1.54) is 5.56 Å². The number of hydrogen-bond donors (Lipinski definition) is 2. The van der Waals surface area contributed by atoms with Crippen LogP contribution in [0.1, 0.15) is 25.3 Å². The molecule has 6 heteroatoms. The number of benzene rings is 1. The molecule has 140 valence electrons. The van der Waals surface area contributed by atoms with Gasteiger partial charge in [0.25, 0.3) is 0 Å². The minimum absolute atomic E-state index is 0.253. The van der Waals surface area contributed by atoms with E-state index in [2.05, 4.69) is 41.6 Å². The van der Waals surface area contributed by atoms with Crippen LogP contribution >= 0.6 is 11.8 Å². The lowest BCUT2D eigenvalue weighted by Gasteiger charge is -2.37. The standard InChI is InChI=1S/C19H31N3O2S/c1-4-25-19(9-12-23-13-10-19)15-22-18(20-3)21-11-14-24-17-7-5-16(2)6-8-17/h5-8H,4,9-15H2,1-3H3,(H2,20,21,22). The van der Waals surface area contributed by atoms with Crippen molar-refractivity contribution in [1.82, 2.24) is 10.6 Å². The number of guanidine groups is 1. The minimum atomic E-state index is 0.253. The van der Waals surface area contributed by atoms with Gasteiger partial charge >= 0.3 is 0 Å². The van der Waals surface area contributed by atoms with Gasteiger partial charge in [0.1, 0.15) is 12.4 Å². The lowest BCUT2D eigenvalue weighted by molar-refractivity contribution is 0.0782. The summed E-state index contributed by atoms with van der Waals surface area (Å²) in [5, 5.41) is 6.80. The Morgan fingerprint density at radius 1 is 1.24 bits per heavy atom. The van der Waals surface area contributed by atoms with Gasteiger partial charge in [-0.1, -0.05) is 24.6 Å². The summed E-state index contributed by atoms with van der Waals surface area (Å²) in [5.41, 5.74) is 1.24. The quantitative estimate of drug-likeness (QED) is 0.421. The molecule has 2 N–H and O–H groups in total. The van der Waals surface area contributed by atoms with Gasteiger partial charge in [-0.2, -0.15) is 11.8 Å². The van der Waals surface area contributed by atoms with E-state index in [0.29, 0.717) is 13.2 Å². The summed E-state index contributed by atoms with van der Waals surface area (Å²) in [5.74, 6) is 2.85. The molecule has 1 aromatic carbocycles. The molecule has 1 fully saturated rings. The van der Waals surface area contributed by atoms with Crippen molar-refractivity contribution in [3.05, 3.63) is 29.8 Å². The molecular weight excluding hydrogens is 334 g/mol. The van der Waals surface area contributed by atoms with E-state index in [1.54, 1.807) is 7.05 Å². The van der Waals surface area contributed by atoms with E-state index in [1.807, 2.05) is 23.9 Å². The molecule has 25 heavy (non-hydrogen) atoms. The van der Waals surface area contributed by atoms with Gasteiger partial charge < -0.3 is 20.1 Å². The molecule has 0 aromatic heterocycles. The molecule has 1 heterocycles. The number of hydrogen-bond acceptors (Lipinski definition) is 4. The Bertz CT molecular complexity index is 522. The van der Waals surface area contributed by atoms with Crippen molar-refractivity contribution in [2.75, 3.05) is 45.7 Å². The monoisotopic (exact) mass is 365 g/mol. The zero-order chi connectivity index (χ0) is 18.0. The predicted octanol–water partition coefficient (Wildman–Crippen LogP) is 2.84. The third-order valence-electron chi connectivity index (χ3n) is 4.34. The number of rotatable bonds is 8. The summed E-state index contributed by atoms with van der Waals surface area (Å²) >= 11 is 2.03. The van der Waals surface area contributed by atoms with Gasteiger partial charge in [-0.3, -0.25) is 4.99 Å². The van der Waals surface area contributed by atoms with E-state index in [-0.39, 0.29) is 4.75 Å². The van der Waals surface area contributed by atoms with Gasteiger partial charge in [-0.15, -0.1) is 0 Å². The molecule has 0 bridgehead atoms. The first-order valence-electron chi connectivity index (χ1n) is 9.03. The second kappa shape index (κ2) is 10.6. The zero-order valence-corrected chi connectivity index (χ0v) is 16.5. The number of ether oxygens (including phenoxy) is 2. The van der Waals surface area contributed by atoms with Crippen LogP contribution in [-0.2, 0) is 4.74 Å². The lowest BCUT2D eigenvalue weighted by atomic mass is 9.99. The van der Waals surface area contributed by atoms with Crippen LogP contribution in [0.4, 0.5) is 0 Å². The second-order valence-corrected chi connectivity index (χ2v) is 7.97. The summed E-state index contributed by atoms with van der Waals surface area (Å²) in [6.07, 6.45) is 2.18. The lowest BCUT2D eigenvalue weighted by Crippen LogP contribution is -2.48. The van der Waals surface area contributed by atoms with Crippen LogP contribution in [0.5, 0.6) is 5.75 Å². The van der Waals surface area contributed by atoms with Gasteiger partial charge in [0.05, 0.1) is 6.54 Å². The van der Waals surface area contributed by atoms with Gasteiger partial charge in [0.15, 0.2) is 5.96 Å². The van der Waals surface area contributed by atoms with E-state index in [9.17, 15) is 0 Å². The fraction of sp³-hybridized carbons (Fsp3) is 0.632. The first kappa shape index (κ1) is 19.9. The topological polar surface area (TPSA) is 54.9 Å². The van der Waals surface area contributed by atoms with Gasteiger partial charge in [0, 0.05) is 31.6 Å². The molecule has 0 radical (unpaired) electrons. The highest BCUT2D eigenvalue weighted by molar-refractivity contribution is 8.00. The Kier molecular flexibility index (Phi) is 8.41. The van der Waals surface area contributed by atoms with Crippen LogP contribution in [0, 0.1) is 6.92 Å². The number of nitrogens with one attached hydrogen (secondary N) is 2. The molecular formula is C19H31N3O2S. The van der Waals surface area contributed by atoms with Crippen molar-refractivity contribution in [1.29, 1.82) is 0 Å². The molecule has 0 unspecified atom stereocenters. The maximum atomic E-state index is 5.74. The Labute approximate surface area is 156 Å². The summed E-state index contributed by atoms with van der Waals surface area (Å²) in [7, 11) is 1.81. The van der Waals surface area contributed by atoms with Crippen LogP contribution in [0.15, 0.2) is 29.3 Å². The number of aryl methyl sites for hydroxylation is 1. The highest BCUT2D eigenvalue weighted by atomic mass is 32.2. The van der Waals surface area contributed by atoms with Crippen LogP contribution in [-0.4, -0.2) is 56.4 Å². The molecule has 0 aliphatic carbocycles. The third kappa shape index (κ3) is 6.78. The van der Waals surface area contributed by atoms with E-state index in [4.69, 9.17) is 9.47 Å². The number of thioether (sulfide) groups is 1. The maximum Gasteiger partial charge on any atom is 0.191 e. The number of aliphatic imine (C=N–C) groups is 1. The molecule has 0 spiro atoms.